The summed E-state index contributed by atoms with van der Waals surface area (Å²) in [5.74, 6) is 1.48. The summed E-state index contributed by atoms with van der Waals surface area (Å²) in [5.41, 5.74) is 1.50. The molecule has 1 N–H and O–H groups in total. The molecule has 0 aromatic heterocycles. The number of rotatable bonds is 0. The molecule has 1 heteroatoms. The van der Waals surface area contributed by atoms with Crippen LogP contribution in [0.25, 0.3) is 0 Å². The van der Waals surface area contributed by atoms with E-state index in [4.69, 9.17) is 0 Å². The summed E-state index contributed by atoms with van der Waals surface area (Å²) < 4.78 is 0. The van der Waals surface area contributed by atoms with E-state index in [0.717, 1.165) is 11.8 Å². The van der Waals surface area contributed by atoms with Crippen LogP contribution in [0.1, 0.15) is 40.0 Å². The van der Waals surface area contributed by atoms with Crippen LogP contribution < -0.4 is 5.32 Å². The van der Waals surface area contributed by atoms with Gasteiger partial charge in [-0.15, -0.1) is 0 Å². The van der Waals surface area contributed by atoms with Crippen LogP contribution in [0.15, 0.2) is 23.8 Å². The summed E-state index contributed by atoms with van der Waals surface area (Å²) in [5, 5.41) is 3.28. The van der Waals surface area contributed by atoms with Crippen molar-refractivity contribution in [2.75, 3.05) is 13.1 Å². The van der Waals surface area contributed by atoms with Gasteiger partial charge in [0.2, 0.25) is 0 Å². The quantitative estimate of drug-likeness (QED) is 0.640. The van der Waals surface area contributed by atoms with Gasteiger partial charge in [-0.2, -0.15) is 0 Å². The molecule has 0 bridgehead atoms. The molecule has 0 amide bonds. The van der Waals surface area contributed by atoms with E-state index < -0.39 is 0 Å². The molecule has 86 valence electrons. The average molecular weight is 207 g/mol. The molecule has 2 aliphatic rings. The van der Waals surface area contributed by atoms with E-state index in [2.05, 4.69) is 44.3 Å². The maximum Gasteiger partial charge on any atom is -0.00489 e. The number of hydrogen-bond donors (Lipinski definition) is 1. The van der Waals surface area contributed by atoms with Gasteiger partial charge in [0.1, 0.15) is 0 Å². The molecule has 1 fully saturated rings. The lowest BCUT2D eigenvalue weighted by molar-refractivity contribution is 0.520. The number of nitrogens with one attached hydrogen (secondary N) is 1. The van der Waals surface area contributed by atoms with Crippen LogP contribution in [0.2, 0.25) is 0 Å². The highest BCUT2D eigenvalue weighted by atomic mass is 14.9. The summed E-state index contributed by atoms with van der Waals surface area (Å²) in [6.45, 7) is 9.24. The molecule has 0 spiro atoms. The Bertz CT molecular complexity index is 212. The first-order valence-corrected chi connectivity index (χ1v) is 6.27. The number of hydrogen-bond acceptors (Lipinski definition) is 1. The molecule has 0 radical (unpaired) electrons. The zero-order chi connectivity index (χ0) is 11.1. The molecule has 1 nitrogen and oxygen atoms in total. The van der Waals surface area contributed by atoms with E-state index >= 15 is 0 Å². The van der Waals surface area contributed by atoms with Crippen molar-refractivity contribution in [2.45, 2.75) is 40.0 Å². The van der Waals surface area contributed by atoms with Gasteiger partial charge in [0.05, 0.1) is 0 Å². The van der Waals surface area contributed by atoms with Gasteiger partial charge >= 0.3 is 0 Å². The normalized spacial score (nSPS) is 30.2. The Morgan fingerprint density at radius 3 is 2.13 bits per heavy atom. The molecule has 0 aromatic carbocycles. The molecular weight excluding hydrogens is 182 g/mol. The third kappa shape index (κ3) is 4.65. The average Bonchev–Trinajstić information content (AvgIpc) is 2.29. The highest BCUT2D eigenvalue weighted by molar-refractivity contribution is 5.20. The number of piperidine rings is 1. The van der Waals surface area contributed by atoms with Gasteiger partial charge in [-0.1, -0.05) is 44.1 Å². The van der Waals surface area contributed by atoms with Crippen LogP contribution >= 0.6 is 0 Å². The Kier molecular flexibility index (Phi) is 5.70. The van der Waals surface area contributed by atoms with Crippen molar-refractivity contribution in [1.82, 2.24) is 5.32 Å². The molecule has 2 unspecified atom stereocenters. The molecule has 1 aliphatic carbocycles. The fraction of sp³-hybridized carbons (Fsp3) is 0.714. The van der Waals surface area contributed by atoms with E-state index in [1.165, 1.54) is 37.9 Å². The molecule has 1 aliphatic heterocycles. The summed E-state index contributed by atoms with van der Waals surface area (Å²) in [6.07, 6.45) is 10.8. The summed E-state index contributed by atoms with van der Waals surface area (Å²) in [6, 6.07) is 0. The fourth-order valence-corrected chi connectivity index (χ4v) is 1.92. The van der Waals surface area contributed by atoms with Gasteiger partial charge in [0.25, 0.3) is 0 Å². The lowest BCUT2D eigenvalue weighted by Crippen LogP contribution is -2.21. The van der Waals surface area contributed by atoms with Crippen molar-refractivity contribution < 1.29 is 0 Å². The van der Waals surface area contributed by atoms with Crippen LogP contribution in [0.3, 0.4) is 0 Å². The topological polar surface area (TPSA) is 12.0 Å². The van der Waals surface area contributed by atoms with Crippen molar-refractivity contribution >= 4 is 0 Å². The molecule has 2 atom stereocenters. The highest BCUT2D eigenvalue weighted by Gasteiger charge is 2.12. The molecule has 0 aromatic rings. The van der Waals surface area contributed by atoms with Gasteiger partial charge in [-0.25, -0.2) is 0 Å². The summed E-state index contributed by atoms with van der Waals surface area (Å²) in [7, 11) is 0. The number of allylic oxidation sites excluding steroid dienone is 4. The minimum Gasteiger partial charge on any atom is -0.317 e. The summed E-state index contributed by atoms with van der Waals surface area (Å²) in [4.78, 5) is 0. The van der Waals surface area contributed by atoms with Gasteiger partial charge < -0.3 is 5.32 Å². The lowest BCUT2D eigenvalue weighted by atomic mass is 9.86. The zero-order valence-electron chi connectivity index (χ0n) is 10.4. The molecule has 15 heavy (non-hydrogen) atoms. The minimum atomic E-state index is 0.731. The van der Waals surface area contributed by atoms with Gasteiger partial charge in [0.15, 0.2) is 0 Å². The third-order valence-corrected chi connectivity index (χ3v) is 3.49. The second-order valence-corrected chi connectivity index (χ2v) is 4.75. The SMILES string of the molecule is C1CCNCC1.CC1=CC=CC(C)C1C. The van der Waals surface area contributed by atoms with Crippen LogP contribution in [0, 0.1) is 11.8 Å². The van der Waals surface area contributed by atoms with E-state index in [-0.39, 0.29) is 0 Å². The van der Waals surface area contributed by atoms with E-state index in [1.54, 1.807) is 0 Å². The third-order valence-electron chi connectivity index (χ3n) is 3.49. The second-order valence-electron chi connectivity index (χ2n) is 4.75. The first-order chi connectivity index (χ1) is 7.22. The monoisotopic (exact) mass is 207 g/mol. The molecular formula is C14H25N. The smallest absolute Gasteiger partial charge is 0.00489 e. The van der Waals surface area contributed by atoms with Gasteiger partial charge in [-0.3, -0.25) is 0 Å². The lowest BCUT2D eigenvalue weighted by Gasteiger charge is -2.19. The Morgan fingerprint density at radius 1 is 1.13 bits per heavy atom. The first-order valence-electron chi connectivity index (χ1n) is 6.27. The van der Waals surface area contributed by atoms with Crippen molar-refractivity contribution in [1.29, 1.82) is 0 Å². The molecule has 0 saturated carbocycles. The van der Waals surface area contributed by atoms with Crippen molar-refractivity contribution in [3.63, 3.8) is 0 Å². The molecule has 1 heterocycles. The van der Waals surface area contributed by atoms with Crippen molar-refractivity contribution in [3.8, 4) is 0 Å². The minimum absolute atomic E-state index is 0.731. The Balaban J connectivity index is 0.000000162. The van der Waals surface area contributed by atoms with Crippen molar-refractivity contribution in [2.24, 2.45) is 11.8 Å². The maximum atomic E-state index is 3.28. The largest absolute Gasteiger partial charge is 0.317 e. The fourth-order valence-electron chi connectivity index (χ4n) is 1.92. The van der Waals surface area contributed by atoms with Crippen molar-refractivity contribution in [3.05, 3.63) is 23.8 Å². The van der Waals surface area contributed by atoms with Crippen LogP contribution in [-0.2, 0) is 0 Å². The van der Waals surface area contributed by atoms with Crippen LogP contribution in [0.4, 0.5) is 0 Å². The Hall–Kier alpha value is -0.560. The van der Waals surface area contributed by atoms with E-state index in [9.17, 15) is 0 Å². The Labute approximate surface area is 94.6 Å². The summed E-state index contributed by atoms with van der Waals surface area (Å²) >= 11 is 0. The Morgan fingerprint density at radius 2 is 1.80 bits per heavy atom. The van der Waals surface area contributed by atoms with E-state index in [0.29, 0.717) is 0 Å². The van der Waals surface area contributed by atoms with Crippen LogP contribution in [-0.4, -0.2) is 13.1 Å². The standard InChI is InChI=1S/C9H14.C5H11N/c1-7-5-4-6-8(2)9(7)3;1-2-4-6-5-3-1/h4-7,9H,1-3H3;6H,1-5H2. The van der Waals surface area contributed by atoms with Gasteiger partial charge in [-0.05, 0) is 44.7 Å². The first kappa shape index (κ1) is 12.5. The van der Waals surface area contributed by atoms with Crippen LogP contribution in [0.5, 0.6) is 0 Å². The van der Waals surface area contributed by atoms with E-state index in [1.807, 2.05) is 0 Å². The van der Waals surface area contributed by atoms with Gasteiger partial charge in [0, 0.05) is 0 Å². The molecule has 1 saturated heterocycles. The molecule has 2 rings (SSSR count). The maximum absolute atomic E-state index is 3.28. The highest BCUT2D eigenvalue weighted by Crippen LogP contribution is 2.24. The second kappa shape index (κ2) is 6.84. The zero-order valence-corrected chi connectivity index (χ0v) is 10.4. The predicted molar refractivity (Wildman–Crippen MR) is 67.9 cm³/mol. The predicted octanol–water partition coefficient (Wildman–Crippen LogP) is 3.53.